The van der Waals surface area contributed by atoms with E-state index in [4.69, 9.17) is 22.1 Å². The van der Waals surface area contributed by atoms with Gasteiger partial charge >= 0.3 is 0 Å². The summed E-state index contributed by atoms with van der Waals surface area (Å²) in [5.41, 5.74) is 3.61. The number of rotatable bonds is 6. The van der Waals surface area contributed by atoms with Crippen molar-refractivity contribution >= 4 is 23.7 Å². The number of hydrogen-bond donors (Lipinski definition) is 2. The fourth-order valence-corrected chi connectivity index (χ4v) is 2.99. The molecule has 0 aliphatic rings. The van der Waals surface area contributed by atoms with Gasteiger partial charge in [0.05, 0.1) is 30.4 Å². The number of ether oxygens (including phenoxy) is 2. The molecule has 0 fully saturated rings. The number of hydrogen-bond acceptors (Lipinski definition) is 5. The second kappa shape index (κ2) is 7.13. The van der Waals surface area contributed by atoms with Crippen LogP contribution in [0.1, 0.15) is 35.7 Å². The van der Waals surface area contributed by atoms with Gasteiger partial charge < -0.3 is 14.5 Å². The summed E-state index contributed by atoms with van der Waals surface area (Å²) < 4.78 is 11.0. The van der Waals surface area contributed by atoms with Crippen molar-refractivity contribution in [2.75, 3.05) is 13.7 Å². The molecule has 0 saturated carbocycles. The molecule has 0 aliphatic carbocycles. The maximum Gasteiger partial charge on any atom is 0.126 e. The van der Waals surface area contributed by atoms with Crippen LogP contribution < -0.4 is 9.47 Å². The van der Waals surface area contributed by atoms with Crippen LogP contribution in [0, 0.1) is 6.92 Å². The minimum absolute atomic E-state index is 0.257. The number of aromatic nitrogens is 3. The summed E-state index contributed by atoms with van der Waals surface area (Å²) in [6, 6.07) is 7.70. The van der Waals surface area contributed by atoms with E-state index < -0.39 is 0 Å². The third-order valence-electron chi connectivity index (χ3n) is 3.88. The topological polar surface area (TPSA) is 60.0 Å². The summed E-state index contributed by atoms with van der Waals surface area (Å²) in [5.74, 6) is 2.39. The van der Waals surface area contributed by atoms with Gasteiger partial charge in [0, 0.05) is 17.8 Å². The Balaban J connectivity index is 1.94. The van der Waals surface area contributed by atoms with Gasteiger partial charge in [-0.3, -0.25) is 4.98 Å². The van der Waals surface area contributed by atoms with Crippen molar-refractivity contribution in [2.45, 2.75) is 25.5 Å². The van der Waals surface area contributed by atoms with Crippen molar-refractivity contribution in [2.24, 2.45) is 0 Å². The molecule has 1 atom stereocenters. The average molecular weight is 343 g/mol. The highest BCUT2D eigenvalue weighted by atomic mass is 32.1. The van der Waals surface area contributed by atoms with Gasteiger partial charge in [0.1, 0.15) is 22.6 Å². The van der Waals surface area contributed by atoms with Gasteiger partial charge in [-0.15, -0.1) is 0 Å². The Morgan fingerprint density at radius 3 is 2.88 bits per heavy atom. The van der Waals surface area contributed by atoms with Gasteiger partial charge in [0.25, 0.3) is 0 Å². The second-order valence-corrected chi connectivity index (χ2v) is 6.09. The summed E-state index contributed by atoms with van der Waals surface area (Å²) in [4.78, 5) is 12.4. The van der Waals surface area contributed by atoms with Crippen LogP contribution in [0.3, 0.4) is 0 Å². The Hall–Kier alpha value is -2.21. The van der Waals surface area contributed by atoms with E-state index in [0.717, 1.165) is 46.0 Å². The third-order valence-corrected chi connectivity index (χ3v) is 4.36. The van der Waals surface area contributed by atoms with Gasteiger partial charge in [0.15, 0.2) is 0 Å². The van der Waals surface area contributed by atoms with Crippen LogP contribution in [0.4, 0.5) is 0 Å². The van der Waals surface area contributed by atoms with Crippen LogP contribution in [0.15, 0.2) is 30.5 Å². The Morgan fingerprint density at radius 1 is 1.29 bits per heavy atom. The zero-order valence-corrected chi connectivity index (χ0v) is 14.9. The van der Waals surface area contributed by atoms with E-state index in [2.05, 4.69) is 21.9 Å². The number of thiol groups is 1. The SMILES string of the molecule is CCCOc1ccc2nc(C(S)c3nccc(OC)c3C)[nH]c2c1. The highest BCUT2D eigenvalue weighted by Crippen LogP contribution is 2.32. The number of aromatic amines is 1. The molecule has 0 spiro atoms. The van der Waals surface area contributed by atoms with Gasteiger partial charge in [-0.2, -0.15) is 12.6 Å². The van der Waals surface area contributed by atoms with E-state index in [9.17, 15) is 0 Å². The first-order valence-corrected chi connectivity index (χ1v) is 8.45. The Kier molecular flexibility index (Phi) is 4.94. The summed E-state index contributed by atoms with van der Waals surface area (Å²) in [6.07, 6.45) is 2.70. The van der Waals surface area contributed by atoms with E-state index in [1.165, 1.54) is 0 Å². The summed E-state index contributed by atoms with van der Waals surface area (Å²) >= 11 is 4.71. The van der Waals surface area contributed by atoms with Crippen LogP contribution in [-0.4, -0.2) is 28.7 Å². The van der Waals surface area contributed by atoms with Crippen molar-refractivity contribution < 1.29 is 9.47 Å². The molecule has 0 radical (unpaired) electrons. The molecule has 0 aliphatic heterocycles. The molecule has 3 aromatic rings. The van der Waals surface area contributed by atoms with Crippen molar-refractivity contribution in [3.05, 3.63) is 47.5 Å². The summed E-state index contributed by atoms with van der Waals surface area (Å²) in [7, 11) is 1.65. The van der Waals surface area contributed by atoms with Crippen LogP contribution in [0.5, 0.6) is 11.5 Å². The first-order chi connectivity index (χ1) is 11.6. The number of nitrogens with zero attached hydrogens (tertiary/aromatic N) is 2. The zero-order chi connectivity index (χ0) is 17.1. The molecular formula is C18H21N3O2S. The molecule has 0 saturated heterocycles. The fraction of sp³-hybridized carbons (Fsp3) is 0.333. The van der Waals surface area contributed by atoms with E-state index in [1.807, 2.05) is 31.2 Å². The molecular weight excluding hydrogens is 322 g/mol. The molecule has 5 nitrogen and oxygen atoms in total. The molecule has 126 valence electrons. The molecule has 2 heterocycles. The van der Waals surface area contributed by atoms with Gasteiger partial charge in [-0.05, 0) is 31.5 Å². The largest absolute Gasteiger partial charge is 0.496 e. The van der Waals surface area contributed by atoms with Gasteiger partial charge in [0.2, 0.25) is 0 Å². The molecule has 1 aromatic carbocycles. The first-order valence-electron chi connectivity index (χ1n) is 7.94. The van der Waals surface area contributed by atoms with E-state index >= 15 is 0 Å². The summed E-state index contributed by atoms with van der Waals surface area (Å²) in [6.45, 7) is 4.76. The number of fused-ring (bicyclic) bond motifs is 1. The second-order valence-electron chi connectivity index (χ2n) is 5.58. The Bertz CT molecular complexity index is 847. The minimum Gasteiger partial charge on any atom is -0.496 e. The van der Waals surface area contributed by atoms with Crippen molar-refractivity contribution in [3.8, 4) is 11.5 Å². The molecule has 6 heteroatoms. The maximum absolute atomic E-state index is 5.67. The van der Waals surface area contributed by atoms with Crippen LogP contribution >= 0.6 is 12.6 Å². The number of nitrogens with one attached hydrogen (secondary N) is 1. The smallest absolute Gasteiger partial charge is 0.126 e. The fourth-order valence-electron chi connectivity index (χ4n) is 2.61. The third kappa shape index (κ3) is 3.19. The molecule has 1 unspecified atom stereocenters. The van der Waals surface area contributed by atoms with Crippen LogP contribution in [-0.2, 0) is 0 Å². The first kappa shape index (κ1) is 16.6. The monoisotopic (exact) mass is 343 g/mol. The normalized spacial score (nSPS) is 12.3. The van der Waals surface area contributed by atoms with E-state index in [0.29, 0.717) is 6.61 Å². The van der Waals surface area contributed by atoms with Gasteiger partial charge in [-0.25, -0.2) is 4.98 Å². The number of H-pyrrole nitrogens is 1. The lowest BCUT2D eigenvalue weighted by Gasteiger charge is -2.13. The average Bonchev–Trinajstić information content (AvgIpc) is 3.03. The lowest BCUT2D eigenvalue weighted by atomic mass is 10.1. The van der Waals surface area contributed by atoms with Crippen molar-refractivity contribution in [3.63, 3.8) is 0 Å². The molecule has 2 aromatic heterocycles. The van der Waals surface area contributed by atoms with Crippen LogP contribution in [0.2, 0.25) is 0 Å². The van der Waals surface area contributed by atoms with Crippen LogP contribution in [0.25, 0.3) is 11.0 Å². The number of pyridine rings is 1. The lowest BCUT2D eigenvalue weighted by Crippen LogP contribution is -2.03. The highest BCUT2D eigenvalue weighted by Gasteiger charge is 2.19. The Labute approximate surface area is 146 Å². The Morgan fingerprint density at radius 2 is 2.12 bits per heavy atom. The van der Waals surface area contributed by atoms with E-state index in [1.54, 1.807) is 13.3 Å². The summed E-state index contributed by atoms with van der Waals surface area (Å²) in [5, 5.41) is -0.257. The molecule has 1 N–H and O–H groups in total. The maximum atomic E-state index is 5.67. The minimum atomic E-state index is -0.257. The zero-order valence-electron chi connectivity index (χ0n) is 14.0. The molecule has 0 amide bonds. The highest BCUT2D eigenvalue weighted by molar-refractivity contribution is 7.80. The van der Waals surface area contributed by atoms with Gasteiger partial charge in [-0.1, -0.05) is 6.92 Å². The predicted octanol–water partition coefficient (Wildman–Crippen LogP) is 4.08. The molecule has 24 heavy (non-hydrogen) atoms. The van der Waals surface area contributed by atoms with Crippen molar-refractivity contribution in [1.29, 1.82) is 0 Å². The van der Waals surface area contributed by atoms with Crippen molar-refractivity contribution in [1.82, 2.24) is 15.0 Å². The predicted molar refractivity (Wildman–Crippen MR) is 98.2 cm³/mol. The number of benzene rings is 1. The molecule has 0 bridgehead atoms. The quantitative estimate of drug-likeness (QED) is 0.662. The number of methoxy groups -OCH3 is 1. The standard InChI is InChI=1S/C18H21N3O2S/c1-4-9-23-12-5-6-13-14(10-12)21-18(20-13)17(24)16-11(2)15(22-3)7-8-19-16/h5-8,10,17,24H,4,9H2,1-3H3,(H,20,21). The van der Waals surface area contributed by atoms with E-state index in [-0.39, 0.29) is 5.25 Å². The molecule has 3 rings (SSSR count). The lowest BCUT2D eigenvalue weighted by molar-refractivity contribution is 0.318. The number of imidazole rings is 1.